The van der Waals surface area contributed by atoms with Crippen molar-refractivity contribution < 1.29 is 17.5 Å². The molecule has 0 saturated carbocycles. The first-order chi connectivity index (χ1) is 9.86. The average molecular weight is 316 g/mol. The topological polar surface area (TPSA) is 58.2 Å². The Morgan fingerprint density at radius 2 is 1.71 bits per heavy atom. The van der Waals surface area contributed by atoms with E-state index in [9.17, 15) is 8.42 Å². The SMILES string of the molecule is CCCCCC[n+]1cccc(CCCC)c1.CS(=O)(=O)O. The lowest BCUT2D eigenvalue weighted by molar-refractivity contribution is -0.697. The summed E-state index contributed by atoms with van der Waals surface area (Å²) in [7, 11) is -3.67. The summed E-state index contributed by atoms with van der Waals surface area (Å²) in [5, 5.41) is 0. The van der Waals surface area contributed by atoms with E-state index in [1.807, 2.05) is 0 Å². The van der Waals surface area contributed by atoms with Gasteiger partial charge >= 0.3 is 0 Å². The molecule has 0 aromatic carbocycles. The molecule has 0 unspecified atom stereocenters. The maximum Gasteiger partial charge on any atom is 0.261 e. The van der Waals surface area contributed by atoms with Crippen molar-refractivity contribution in [2.45, 2.75) is 65.3 Å². The first kappa shape index (κ1) is 20.1. The van der Waals surface area contributed by atoms with Crippen molar-refractivity contribution in [2.24, 2.45) is 0 Å². The molecule has 0 atom stereocenters. The van der Waals surface area contributed by atoms with Crippen LogP contribution < -0.4 is 4.57 Å². The Bertz CT molecular complexity index is 464. The molecule has 0 aliphatic carbocycles. The maximum atomic E-state index is 9.19. The van der Waals surface area contributed by atoms with Gasteiger partial charge in [-0.25, -0.2) is 4.57 Å². The largest absolute Gasteiger partial charge is 0.286 e. The lowest BCUT2D eigenvalue weighted by Crippen LogP contribution is -2.33. The van der Waals surface area contributed by atoms with Gasteiger partial charge in [0.15, 0.2) is 12.4 Å². The predicted molar refractivity (Wildman–Crippen MR) is 86.9 cm³/mol. The van der Waals surface area contributed by atoms with Gasteiger partial charge in [-0.15, -0.1) is 0 Å². The second-order valence-corrected chi connectivity index (χ2v) is 6.81. The van der Waals surface area contributed by atoms with Crippen LogP contribution in [0.4, 0.5) is 0 Å². The number of aromatic nitrogens is 1. The molecule has 4 nitrogen and oxygen atoms in total. The summed E-state index contributed by atoms with van der Waals surface area (Å²) in [6.45, 7) is 5.69. The van der Waals surface area contributed by atoms with E-state index >= 15 is 0 Å². The van der Waals surface area contributed by atoms with Crippen LogP contribution in [-0.4, -0.2) is 19.2 Å². The Morgan fingerprint density at radius 3 is 2.29 bits per heavy atom. The molecule has 1 heterocycles. The Hall–Kier alpha value is -0.940. The molecule has 122 valence electrons. The molecule has 1 aromatic rings. The minimum Gasteiger partial charge on any atom is -0.286 e. The van der Waals surface area contributed by atoms with Crippen molar-refractivity contribution in [3.63, 3.8) is 0 Å². The van der Waals surface area contributed by atoms with Crippen molar-refractivity contribution in [3.05, 3.63) is 30.1 Å². The molecule has 1 aromatic heterocycles. The highest BCUT2D eigenvalue weighted by Crippen LogP contribution is 2.02. The first-order valence-corrected chi connectivity index (χ1v) is 9.62. The minimum atomic E-state index is -3.67. The quantitative estimate of drug-likeness (QED) is 0.454. The molecule has 0 aliphatic heterocycles. The van der Waals surface area contributed by atoms with Gasteiger partial charge in [0.05, 0.1) is 6.26 Å². The van der Waals surface area contributed by atoms with E-state index < -0.39 is 10.1 Å². The predicted octanol–water partition coefficient (Wildman–Crippen LogP) is 3.40. The summed E-state index contributed by atoms with van der Waals surface area (Å²) in [4.78, 5) is 0. The second-order valence-electron chi connectivity index (χ2n) is 5.35. The molecule has 21 heavy (non-hydrogen) atoms. The van der Waals surface area contributed by atoms with E-state index in [-0.39, 0.29) is 0 Å². The highest BCUT2D eigenvalue weighted by molar-refractivity contribution is 7.85. The Balaban J connectivity index is 0.000000690. The highest BCUT2D eigenvalue weighted by Gasteiger charge is 2.02. The van der Waals surface area contributed by atoms with Crippen LogP contribution in [0.1, 0.15) is 57.9 Å². The number of rotatable bonds is 8. The standard InChI is InChI=1S/C15H26N.CH4O3S/c1-3-5-7-8-12-16-13-9-11-15(14-16)10-6-4-2;1-5(2,3)4/h9,11,13-14H,3-8,10,12H2,1-2H3;1H3,(H,2,3,4)/q+1;. The monoisotopic (exact) mass is 316 g/mol. The number of aryl methyl sites for hydroxylation is 2. The van der Waals surface area contributed by atoms with Gasteiger partial charge < -0.3 is 0 Å². The highest BCUT2D eigenvalue weighted by atomic mass is 32.2. The van der Waals surface area contributed by atoms with Gasteiger partial charge in [0, 0.05) is 18.1 Å². The normalized spacial score (nSPS) is 10.9. The van der Waals surface area contributed by atoms with Crippen LogP contribution in [-0.2, 0) is 23.1 Å². The third-order valence-corrected chi connectivity index (χ3v) is 3.01. The van der Waals surface area contributed by atoms with E-state index in [2.05, 4.69) is 42.9 Å². The zero-order chi connectivity index (χ0) is 16.1. The molecule has 5 heteroatoms. The molecular weight excluding hydrogens is 286 g/mol. The number of hydrogen-bond donors (Lipinski definition) is 1. The summed E-state index contributed by atoms with van der Waals surface area (Å²) >= 11 is 0. The lowest BCUT2D eigenvalue weighted by atomic mass is 10.1. The molecule has 0 fully saturated rings. The molecule has 1 N–H and O–H groups in total. The molecule has 0 spiro atoms. The van der Waals surface area contributed by atoms with E-state index in [4.69, 9.17) is 4.55 Å². The van der Waals surface area contributed by atoms with Crippen LogP contribution in [0.15, 0.2) is 24.5 Å². The van der Waals surface area contributed by atoms with Crippen molar-refractivity contribution in [2.75, 3.05) is 6.26 Å². The van der Waals surface area contributed by atoms with E-state index in [1.54, 1.807) is 0 Å². The lowest BCUT2D eigenvalue weighted by Gasteiger charge is -2.00. The van der Waals surface area contributed by atoms with Gasteiger partial charge in [-0.2, -0.15) is 8.42 Å². The average Bonchev–Trinajstić information content (AvgIpc) is 2.40. The number of nitrogens with zero attached hydrogens (tertiary/aromatic N) is 1. The third kappa shape index (κ3) is 15.3. The zero-order valence-corrected chi connectivity index (χ0v) is 14.4. The smallest absolute Gasteiger partial charge is 0.261 e. The number of pyridine rings is 1. The van der Waals surface area contributed by atoms with Crippen LogP contribution in [0.25, 0.3) is 0 Å². The van der Waals surface area contributed by atoms with Crippen molar-refractivity contribution >= 4 is 10.1 Å². The van der Waals surface area contributed by atoms with Gasteiger partial charge in [0.2, 0.25) is 0 Å². The van der Waals surface area contributed by atoms with E-state index in [0.717, 1.165) is 0 Å². The fourth-order valence-electron chi connectivity index (χ4n) is 1.97. The van der Waals surface area contributed by atoms with Crippen LogP contribution in [0, 0.1) is 0 Å². The summed E-state index contributed by atoms with van der Waals surface area (Å²) in [6, 6.07) is 4.43. The van der Waals surface area contributed by atoms with Gasteiger partial charge in [0.1, 0.15) is 6.54 Å². The molecule has 0 bridgehead atoms. The molecule has 1 rings (SSSR count). The number of hydrogen-bond acceptors (Lipinski definition) is 2. The number of unbranched alkanes of at least 4 members (excludes halogenated alkanes) is 4. The fraction of sp³-hybridized carbons (Fsp3) is 0.688. The van der Waals surface area contributed by atoms with E-state index in [1.165, 1.54) is 57.1 Å². The van der Waals surface area contributed by atoms with Crippen LogP contribution in [0.2, 0.25) is 0 Å². The van der Waals surface area contributed by atoms with E-state index in [0.29, 0.717) is 6.26 Å². The third-order valence-electron chi connectivity index (χ3n) is 3.01. The molecular formula is C16H30NO3S+. The van der Waals surface area contributed by atoms with Crippen LogP contribution in [0.5, 0.6) is 0 Å². The summed E-state index contributed by atoms with van der Waals surface area (Å²) in [5.74, 6) is 0. The maximum absolute atomic E-state index is 9.19. The van der Waals surface area contributed by atoms with Crippen molar-refractivity contribution in [3.8, 4) is 0 Å². The Morgan fingerprint density at radius 1 is 1.10 bits per heavy atom. The summed E-state index contributed by atoms with van der Waals surface area (Å²) in [5.41, 5.74) is 1.49. The van der Waals surface area contributed by atoms with Gasteiger partial charge in [-0.1, -0.05) is 33.1 Å². The molecule has 0 radical (unpaired) electrons. The van der Waals surface area contributed by atoms with Crippen LogP contribution >= 0.6 is 0 Å². The molecule has 0 saturated heterocycles. The Kier molecular flexibility index (Phi) is 11.2. The molecule has 0 amide bonds. The fourth-order valence-corrected chi connectivity index (χ4v) is 1.97. The van der Waals surface area contributed by atoms with Gasteiger partial charge in [0.25, 0.3) is 10.1 Å². The van der Waals surface area contributed by atoms with Crippen molar-refractivity contribution in [1.82, 2.24) is 0 Å². The second kappa shape index (κ2) is 11.7. The summed E-state index contributed by atoms with van der Waals surface area (Å²) < 4.78 is 28.2. The van der Waals surface area contributed by atoms with Gasteiger partial charge in [-0.05, 0) is 25.3 Å². The van der Waals surface area contributed by atoms with Crippen molar-refractivity contribution in [1.29, 1.82) is 0 Å². The first-order valence-electron chi connectivity index (χ1n) is 7.77. The zero-order valence-electron chi connectivity index (χ0n) is 13.6. The van der Waals surface area contributed by atoms with Gasteiger partial charge in [-0.3, -0.25) is 4.55 Å². The van der Waals surface area contributed by atoms with Crippen LogP contribution in [0.3, 0.4) is 0 Å². The minimum absolute atomic E-state index is 0.715. The summed E-state index contributed by atoms with van der Waals surface area (Å²) in [6.07, 6.45) is 14.4. The Labute approximate surface area is 130 Å². The molecule has 0 aliphatic rings.